The molecule has 2 aliphatic rings. The highest BCUT2D eigenvalue weighted by molar-refractivity contribution is 6.12. The largest absolute Gasteiger partial charge is 0.453 e. The van der Waals surface area contributed by atoms with Crippen molar-refractivity contribution in [3.8, 4) is 45.9 Å². The zero-order valence-electron chi connectivity index (χ0n) is 23.9. The van der Waals surface area contributed by atoms with E-state index in [1.807, 2.05) is 115 Å². The van der Waals surface area contributed by atoms with Gasteiger partial charge in [0.1, 0.15) is 22.3 Å². The number of furan rings is 1. The molecule has 0 aliphatic carbocycles. The molecule has 0 atom stereocenters. The van der Waals surface area contributed by atoms with E-state index >= 15 is 0 Å². The number of fused-ring (bicyclic) bond motifs is 10. The molecule has 0 N–H and O–H groups in total. The van der Waals surface area contributed by atoms with Gasteiger partial charge in [0.25, 0.3) is 0 Å². The van der Waals surface area contributed by atoms with Crippen LogP contribution in [-0.4, -0.2) is 9.97 Å². The summed E-state index contributed by atoms with van der Waals surface area (Å²) in [6, 6.07) is 37.5. The number of nitrogens with zero attached hydrogens (tertiary/aromatic N) is 3. The molecule has 0 saturated heterocycles. The van der Waals surface area contributed by atoms with E-state index in [1.54, 1.807) is 0 Å². The molecule has 6 aromatic carbocycles. The lowest BCUT2D eigenvalue weighted by atomic mass is 10.0. The van der Waals surface area contributed by atoms with Crippen LogP contribution in [0, 0.1) is 0 Å². The molecule has 0 saturated carbocycles. The molecule has 0 bridgehead atoms. The molecule has 46 heavy (non-hydrogen) atoms. The first-order valence-electron chi connectivity index (χ1n) is 14.9. The Morgan fingerprint density at radius 2 is 1.07 bits per heavy atom. The Balaban J connectivity index is 1.14. The summed E-state index contributed by atoms with van der Waals surface area (Å²) >= 11 is 0. The van der Waals surface area contributed by atoms with E-state index in [1.165, 1.54) is 0 Å². The first-order chi connectivity index (χ1) is 22.7. The highest BCUT2D eigenvalue weighted by Crippen LogP contribution is 2.62. The normalized spacial score (nSPS) is 13.1. The second-order valence-electron chi connectivity index (χ2n) is 11.4. The maximum atomic E-state index is 6.74. The Morgan fingerprint density at radius 3 is 1.72 bits per heavy atom. The number of rotatable bonds is 2. The van der Waals surface area contributed by atoms with Crippen LogP contribution in [0.4, 0.5) is 17.1 Å². The monoisotopic (exact) mass is 597 g/mol. The first-order valence-corrected chi connectivity index (χ1v) is 14.9. The summed E-state index contributed by atoms with van der Waals surface area (Å²) in [5, 5.41) is 1.88. The van der Waals surface area contributed by atoms with Gasteiger partial charge in [0.05, 0.1) is 11.4 Å². The van der Waals surface area contributed by atoms with Gasteiger partial charge in [-0.15, -0.1) is 0 Å². The number of oxazole rings is 2. The SMILES string of the molecule is c1ccc2oc(-c3ccc4c(c3)Oc3cc5c(oc6ccccc65)c5c3N4c3ccc(-c4nc6ccccc6o4)cc3O5)nc2c1. The number of benzene rings is 6. The fourth-order valence-corrected chi connectivity index (χ4v) is 6.60. The molecular formula is C38H19N3O5. The van der Waals surface area contributed by atoms with Crippen molar-refractivity contribution in [2.24, 2.45) is 0 Å². The first kappa shape index (κ1) is 23.9. The summed E-state index contributed by atoms with van der Waals surface area (Å²) in [5.74, 6) is 3.60. The van der Waals surface area contributed by atoms with Gasteiger partial charge in [0, 0.05) is 21.9 Å². The molecule has 0 radical (unpaired) electrons. The second-order valence-corrected chi connectivity index (χ2v) is 11.4. The number of ether oxygens (including phenoxy) is 2. The third-order valence-electron chi connectivity index (χ3n) is 8.70. The minimum absolute atomic E-state index is 0.520. The summed E-state index contributed by atoms with van der Waals surface area (Å²) in [6.45, 7) is 0. The summed E-state index contributed by atoms with van der Waals surface area (Å²) in [4.78, 5) is 11.6. The molecule has 8 nitrogen and oxygen atoms in total. The molecule has 0 amide bonds. The van der Waals surface area contributed by atoms with Crippen molar-refractivity contribution in [2.75, 3.05) is 4.90 Å². The molecule has 0 unspecified atom stereocenters. The van der Waals surface area contributed by atoms with Gasteiger partial charge in [-0.05, 0) is 72.8 Å². The number of hydrogen-bond donors (Lipinski definition) is 0. The van der Waals surface area contributed by atoms with Crippen LogP contribution in [0.25, 0.3) is 67.0 Å². The van der Waals surface area contributed by atoms with Gasteiger partial charge in [-0.1, -0.05) is 42.5 Å². The van der Waals surface area contributed by atoms with Gasteiger partial charge < -0.3 is 22.7 Å². The van der Waals surface area contributed by atoms with Crippen LogP contribution in [0.5, 0.6) is 23.0 Å². The zero-order chi connectivity index (χ0) is 29.9. The van der Waals surface area contributed by atoms with E-state index in [9.17, 15) is 0 Å². The molecule has 0 spiro atoms. The van der Waals surface area contributed by atoms with Crippen LogP contribution in [-0.2, 0) is 0 Å². The Labute approximate surface area is 259 Å². The minimum Gasteiger partial charge on any atom is -0.453 e. The van der Waals surface area contributed by atoms with Gasteiger partial charge >= 0.3 is 0 Å². The third-order valence-corrected chi connectivity index (χ3v) is 8.70. The summed E-state index contributed by atoms with van der Waals surface area (Å²) in [7, 11) is 0. The number of hydrogen-bond acceptors (Lipinski definition) is 8. The van der Waals surface area contributed by atoms with Crippen LogP contribution >= 0.6 is 0 Å². The maximum Gasteiger partial charge on any atom is 0.227 e. The van der Waals surface area contributed by atoms with Crippen molar-refractivity contribution in [3.05, 3.63) is 115 Å². The number of aromatic nitrogens is 2. The second kappa shape index (κ2) is 8.55. The van der Waals surface area contributed by atoms with Gasteiger partial charge in [0.15, 0.2) is 39.7 Å². The van der Waals surface area contributed by atoms with E-state index in [2.05, 4.69) is 4.90 Å². The Morgan fingerprint density at radius 1 is 0.478 bits per heavy atom. The fourth-order valence-electron chi connectivity index (χ4n) is 6.60. The highest BCUT2D eigenvalue weighted by atomic mass is 16.5. The lowest BCUT2D eigenvalue weighted by Gasteiger charge is -2.38. The van der Waals surface area contributed by atoms with Crippen molar-refractivity contribution >= 4 is 61.2 Å². The van der Waals surface area contributed by atoms with Crippen molar-refractivity contribution in [3.63, 3.8) is 0 Å². The van der Waals surface area contributed by atoms with Crippen molar-refractivity contribution in [1.82, 2.24) is 9.97 Å². The molecule has 0 fully saturated rings. The van der Waals surface area contributed by atoms with E-state index in [0.29, 0.717) is 40.4 Å². The predicted molar refractivity (Wildman–Crippen MR) is 175 cm³/mol. The Kier molecular flexibility index (Phi) is 4.43. The highest BCUT2D eigenvalue weighted by Gasteiger charge is 2.38. The fraction of sp³-hybridized carbons (Fsp3) is 0. The van der Waals surface area contributed by atoms with Gasteiger partial charge in [-0.3, -0.25) is 4.90 Å². The number of anilines is 3. The van der Waals surface area contributed by atoms with E-state index < -0.39 is 0 Å². The third kappa shape index (κ3) is 3.21. The number of para-hydroxylation sites is 5. The van der Waals surface area contributed by atoms with Crippen LogP contribution in [0.15, 0.2) is 129 Å². The summed E-state index contributed by atoms with van der Waals surface area (Å²) < 4.78 is 32.0. The Bertz CT molecular complexity index is 2660. The standard InChI is InChI=1S/C38H19N3O5/c1-4-10-28-22(7-1)23-19-33-34-36(35(23)43-28)44-32-18-21(38-40-25-9-3-6-12-30(25)46-38)14-16-27(32)41(34)26-15-13-20(17-31(26)42-33)37-39-24-8-2-5-11-29(24)45-37/h1-19H. The van der Waals surface area contributed by atoms with E-state index in [-0.39, 0.29) is 0 Å². The van der Waals surface area contributed by atoms with E-state index in [4.69, 9.17) is 32.7 Å². The van der Waals surface area contributed by atoms with Crippen LogP contribution in [0.2, 0.25) is 0 Å². The minimum atomic E-state index is 0.520. The van der Waals surface area contributed by atoms with Crippen molar-refractivity contribution in [2.45, 2.75) is 0 Å². The van der Waals surface area contributed by atoms with Crippen LogP contribution in [0.1, 0.15) is 0 Å². The zero-order valence-corrected chi connectivity index (χ0v) is 23.9. The molecule has 11 rings (SSSR count). The smallest absolute Gasteiger partial charge is 0.227 e. The quantitative estimate of drug-likeness (QED) is 0.194. The molecule has 5 heterocycles. The van der Waals surface area contributed by atoms with Gasteiger partial charge in [-0.2, -0.15) is 0 Å². The lowest BCUT2D eigenvalue weighted by Crippen LogP contribution is -2.20. The molecule has 9 aromatic rings. The molecular weight excluding hydrogens is 578 g/mol. The average Bonchev–Trinajstić information content (AvgIpc) is 3.83. The van der Waals surface area contributed by atoms with Gasteiger partial charge in [-0.25, -0.2) is 9.97 Å². The Hall–Kier alpha value is -6.54. The predicted octanol–water partition coefficient (Wildman–Crippen LogP) is 10.9. The van der Waals surface area contributed by atoms with Gasteiger partial charge in [0.2, 0.25) is 11.8 Å². The lowest BCUT2D eigenvalue weighted by molar-refractivity contribution is 0.444. The van der Waals surface area contributed by atoms with E-state index in [0.717, 1.165) is 66.7 Å². The summed E-state index contributed by atoms with van der Waals surface area (Å²) in [6.07, 6.45) is 0. The van der Waals surface area contributed by atoms with Crippen molar-refractivity contribution < 1.29 is 22.7 Å². The molecule has 3 aromatic heterocycles. The molecule has 216 valence electrons. The maximum absolute atomic E-state index is 6.74. The van der Waals surface area contributed by atoms with Crippen LogP contribution < -0.4 is 14.4 Å². The molecule has 2 aliphatic heterocycles. The van der Waals surface area contributed by atoms with Crippen molar-refractivity contribution in [1.29, 1.82) is 0 Å². The average molecular weight is 598 g/mol. The summed E-state index contributed by atoms with van der Waals surface area (Å²) in [5.41, 5.74) is 8.57. The topological polar surface area (TPSA) is 86.9 Å². The molecule has 8 heteroatoms. The van der Waals surface area contributed by atoms with Crippen LogP contribution in [0.3, 0.4) is 0 Å².